The Hall–Kier alpha value is -2.77. The van der Waals surface area contributed by atoms with Gasteiger partial charge in [0.05, 0.1) is 6.54 Å². The molecule has 1 aromatic carbocycles. The van der Waals surface area contributed by atoms with E-state index in [-0.39, 0.29) is 11.6 Å². The minimum absolute atomic E-state index is 0.245. The number of benzene rings is 1. The van der Waals surface area contributed by atoms with Gasteiger partial charge in [-0.15, -0.1) is 14.8 Å². The lowest BCUT2D eigenvalue weighted by molar-refractivity contribution is 0.309. The maximum absolute atomic E-state index is 13.4. The smallest absolute Gasteiger partial charge is 0.200 e. The molecule has 0 aliphatic rings. The summed E-state index contributed by atoms with van der Waals surface area (Å²) < 4.78 is 20.2. The van der Waals surface area contributed by atoms with Crippen LogP contribution in [0.2, 0.25) is 0 Å². The summed E-state index contributed by atoms with van der Waals surface area (Å²) in [4.78, 5) is 1.88. The average molecular weight is 288 g/mol. The van der Waals surface area contributed by atoms with E-state index in [4.69, 9.17) is 4.74 Å². The molecule has 0 N–H and O–H groups in total. The SMILES string of the molecule is CN(CCOc1ccccc1F)c1ccc2nnnn2n1. The van der Waals surface area contributed by atoms with Gasteiger partial charge in [-0.3, -0.25) is 0 Å². The molecule has 7 nitrogen and oxygen atoms in total. The molecular weight excluding hydrogens is 275 g/mol. The summed E-state index contributed by atoms with van der Waals surface area (Å²) in [5.74, 6) is 0.579. The molecule has 108 valence electrons. The normalized spacial score (nSPS) is 10.8. The number of rotatable bonds is 5. The number of tetrazole rings is 1. The third-order valence-electron chi connectivity index (χ3n) is 2.97. The van der Waals surface area contributed by atoms with Crippen LogP contribution in [0.3, 0.4) is 0 Å². The van der Waals surface area contributed by atoms with Crippen molar-refractivity contribution in [3.63, 3.8) is 0 Å². The van der Waals surface area contributed by atoms with Crippen LogP contribution in [0.15, 0.2) is 36.4 Å². The van der Waals surface area contributed by atoms with Crippen LogP contribution in [0.1, 0.15) is 0 Å². The summed E-state index contributed by atoms with van der Waals surface area (Å²) in [5.41, 5.74) is 0.578. The number of nitrogens with zero attached hydrogens (tertiary/aromatic N) is 6. The molecule has 3 rings (SSSR count). The van der Waals surface area contributed by atoms with Crippen molar-refractivity contribution in [2.75, 3.05) is 25.1 Å². The van der Waals surface area contributed by atoms with E-state index >= 15 is 0 Å². The van der Waals surface area contributed by atoms with Crippen LogP contribution in [0.5, 0.6) is 5.75 Å². The molecule has 3 aromatic rings. The molecule has 0 aliphatic carbocycles. The van der Waals surface area contributed by atoms with Crippen LogP contribution in [0.25, 0.3) is 5.65 Å². The van der Waals surface area contributed by atoms with E-state index in [1.807, 2.05) is 18.0 Å². The van der Waals surface area contributed by atoms with Crippen molar-refractivity contribution in [2.45, 2.75) is 0 Å². The summed E-state index contributed by atoms with van der Waals surface area (Å²) >= 11 is 0. The molecule has 2 heterocycles. The van der Waals surface area contributed by atoms with Gasteiger partial charge in [0.15, 0.2) is 23.0 Å². The third-order valence-corrected chi connectivity index (χ3v) is 2.97. The van der Waals surface area contributed by atoms with E-state index in [1.165, 1.54) is 10.7 Å². The van der Waals surface area contributed by atoms with Gasteiger partial charge in [-0.25, -0.2) is 4.39 Å². The molecular formula is C13H13FN6O. The van der Waals surface area contributed by atoms with Crippen LogP contribution in [0.4, 0.5) is 10.2 Å². The highest BCUT2D eigenvalue weighted by Gasteiger charge is 2.07. The molecule has 0 unspecified atom stereocenters. The van der Waals surface area contributed by atoms with E-state index in [0.29, 0.717) is 24.6 Å². The summed E-state index contributed by atoms with van der Waals surface area (Å²) in [6.07, 6.45) is 0. The monoisotopic (exact) mass is 288 g/mol. The van der Waals surface area contributed by atoms with Gasteiger partial charge in [-0.1, -0.05) is 12.1 Å². The number of hydrogen-bond donors (Lipinski definition) is 0. The first kappa shape index (κ1) is 13.2. The molecule has 0 atom stereocenters. The lowest BCUT2D eigenvalue weighted by atomic mass is 10.3. The topological polar surface area (TPSA) is 68.4 Å². The molecule has 0 spiro atoms. The first-order chi connectivity index (χ1) is 10.2. The molecule has 0 saturated heterocycles. The maximum Gasteiger partial charge on any atom is 0.200 e. The molecule has 0 fully saturated rings. The molecule has 0 amide bonds. The standard InChI is InChI=1S/C13H13FN6O/c1-19(8-9-21-11-5-3-2-4-10(11)14)13-7-6-12-15-17-18-20(12)16-13/h2-7H,8-9H2,1H3. The van der Waals surface area contributed by atoms with Crippen LogP contribution in [0, 0.1) is 5.82 Å². The van der Waals surface area contributed by atoms with Crippen molar-refractivity contribution < 1.29 is 9.13 Å². The number of anilines is 1. The molecule has 21 heavy (non-hydrogen) atoms. The number of para-hydroxylation sites is 1. The predicted molar refractivity (Wildman–Crippen MR) is 73.7 cm³/mol. The van der Waals surface area contributed by atoms with Gasteiger partial charge in [-0.05, 0) is 34.7 Å². The number of likely N-dealkylation sites (N-methyl/N-ethyl adjacent to an activating group) is 1. The van der Waals surface area contributed by atoms with Gasteiger partial charge in [0, 0.05) is 7.05 Å². The minimum Gasteiger partial charge on any atom is -0.489 e. The molecule has 0 aliphatic heterocycles. The highest BCUT2D eigenvalue weighted by atomic mass is 19.1. The van der Waals surface area contributed by atoms with E-state index in [1.54, 1.807) is 24.3 Å². The Morgan fingerprint density at radius 1 is 1.24 bits per heavy atom. The zero-order valence-corrected chi connectivity index (χ0v) is 11.3. The summed E-state index contributed by atoms with van der Waals surface area (Å²) in [7, 11) is 1.86. The van der Waals surface area contributed by atoms with Gasteiger partial charge in [0.25, 0.3) is 0 Å². The van der Waals surface area contributed by atoms with E-state index in [2.05, 4.69) is 20.6 Å². The Morgan fingerprint density at radius 2 is 2.10 bits per heavy atom. The zero-order valence-electron chi connectivity index (χ0n) is 11.3. The second-order valence-electron chi connectivity index (χ2n) is 4.42. The van der Waals surface area contributed by atoms with E-state index < -0.39 is 0 Å². The van der Waals surface area contributed by atoms with Gasteiger partial charge in [0.1, 0.15) is 6.61 Å². The van der Waals surface area contributed by atoms with E-state index in [0.717, 1.165) is 0 Å². The van der Waals surface area contributed by atoms with Gasteiger partial charge < -0.3 is 9.64 Å². The summed E-state index contributed by atoms with van der Waals surface area (Å²) in [6, 6.07) is 9.91. The van der Waals surface area contributed by atoms with Crippen LogP contribution < -0.4 is 9.64 Å². The number of ether oxygens (including phenoxy) is 1. The Kier molecular flexibility index (Phi) is 3.59. The first-order valence-electron chi connectivity index (χ1n) is 6.38. The fourth-order valence-corrected chi connectivity index (χ4v) is 1.81. The predicted octanol–water partition coefficient (Wildman–Crippen LogP) is 1.17. The van der Waals surface area contributed by atoms with Gasteiger partial charge in [0.2, 0.25) is 0 Å². The fraction of sp³-hybridized carbons (Fsp3) is 0.231. The Labute approximate surface area is 119 Å². The lowest BCUT2D eigenvalue weighted by Gasteiger charge is -2.17. The molecule has 2 aromatic heterocycles. The molecule has 0 saturated carbocycles. The highest BCUT2D eigenvalue weighted by Crippen LogP contribution is 2.15. The first-order valence-corrected chi connectivity index (χ1v) is 6.38. The quantitative estimate of drug-likeness (QED) is 0.702. The Bertz CT molecular complexity index is 746. The number of aromatic nitrogens is 5. The molecule has 0 bridgehead atoms. The summed E-state index contributed by atoms with van der Waals surface area (Å²) in [6.45, 7) is 0.891. The van der Waals surface area contributed by atoms with Crippen LogP contribution >= 0.6 is 0 Å². The minimum atomic E-state index is -0.367. The van der Waals surface area contributed by atoms with Crippen LogP contribution in [-0.4, -0.2) is 45.5 Å². The average Bonchev–Trinajstić information content (AvgIpc) is 2.96. The number of hydrogen-bond acceptors (Lipinski definition) is 6. The van der Waals surface area contributed by atoms with Crippen molar-refractivity contribution in [3.05, 3.63) is 42.2 Å². The number of halogens is 1. The van der Waals surface area contributed by atoms with E-state index in [9.17, 15) is 4.39 Å². The summed E-state index contributed by atoms with van der Waals surface area (Å²) in [5, 5.41) is 15.3. The van der Waals surface area contributed by atoms with Crippen molar-refractivity contribution >= 4 is 11.5 Å². The van der Waals surface area contributed by atoms with Crippen molar-refractivity contribution in [3.8, 4) is 5.75 Å². The Morgan fingerprint density at radius 3 is 2.95 bits per heavy atom. The van der Waals surface area contributed by atoms with Crippen molar-refractivity contribution in [2.24, 2.45) is 0 Å². The van der Waals surface area contributed by atoms with Gasteiger partial charge in [-0.2, -0.15) is 0 Å². The molecule has 0 radical (unpaired) electrons. The van der Waals surface area contributed by atoms with Crippen molar-refractivity contribution in [1.29, 1.82) is 0 Å². The second-order valence-corrected chi connectivity index (χ2v) is 4.42. The van der Waals surface area contributed by atoms with Gasteiger partial charge >= 0.3 is 0 Å². The van der Waals surface area contributed by atoms with Crippen molar-refractivity contribution in [1.82, 2.24) is 25.3 Å². The maximum atomic E-state index is 13.4. The second kappa shape index (κ2) is 5.70. The largest absolute Gasteiger partial charge is 0.489 e. The molecule has 8 heteroatoms. The lowest BCUT2D eigenvalue weighted by Crippen LogP contribution is -2.25. The fourth-order valence-electron chi connectivity index (χ4n) is 1.81. The Balaban J connectivity index is 1.61. The number of fused-ring (bicyclic) bond motifs is 1. The van der Waals surface area contributed by atoms with Crippen LogP contribution in [-0.2, 0) is 0 Å². The zero-order chi connectivity index (χ0) is 14.7. The third kappa shape index (κ3) is 2.88. The highest BCUT2D eigenvalue weighted by molar-refractivity contribution is 5.43.